The number of nitriles is 1. The summed E-state index contributed by atoms with van der Waals surface area (Å²) in [4.78, 5) is 14.5. The molecule has 1 saturated heterocycles. The molecule has 0 radical (unpaired) electrons. The third-order valence-electron chi connectivity index (χ3n) is 5.45. The van der Waals surface area contributed by atoms with Gasteiger partial charge in [0.25, 0.3) is 0 Å². The van der Waals surface area contributed by atoms with E-state index in [1.54, 1.807) is 23.1 Å². The van der Waals surface area contributed by atoms with E-state index in [1.165, 1.54) is 6.07 Å². The minimum atomic E-state index is -0.510. The van der Waals surface area contributed by atoms with E-state index in [-0.39, 0.29) is 42.4 Å². The van der Waals surface area contributed by atoms with Crippen molar-refractivity contribution in [1.82, 2.24) is 4.90 Å². The fourth-order valence-corrected chi connectivity index (χ4v) is 4.02. The Hall–Kier alpha value is -2.65. The number of hydrogen-bond donors (Lipinski definition) is 1. The van der Waals surface area contributed by atoms with Crippen molar-refractivity contribution >= 4 is 23.2 Å². The van der Waals surface area contributed by atoms with E-state index in [9.17, 15) is 13.6 Å². The largest absolute Gasteiger partial charge is 0.380 e. The standard InChI is InChI=1S/C22H22ClF2N3O/c1-3-13(2)28-21(9-15-8-16(24)5-7-19(15)25)20(11-22(28)29)27-17-6-4-14(12-26)18(23)10-17/h4-8,10,13,20-21,27H,3,9,11H2,1-2H3/t13?,20-,21?/m0/s1. The Labute approximate surface area is 174 Å². The van der Waals surface area contributed by atoms with Crippen LogP contribution in [0.4, 0.5) is 14.5 Å². The Morgan fingerprint density at radius 1 is 1.31 bits per heavy atom. The molecule has 1 aliphatic heterocycles. The normalized spacial score (nSPS) is 19.9. The SMILES string of the molecule is CCC(C)N1C(=O)C[C@H](Nc2ccc(C#N)c(Cl)c2)C1Cc1cc(F)ccc1F. The summed E-state index contributed by atoms with van der Waals surface area (Å²) in [5.41, 5.74) is 1.27. The molecule has 2 unspecified atom stereocenters. The van der Waals surface area contributed by atoms with E-state index in [0.29, 0.717) is 16.3 Å². The number of carbonyl (C=O) groups excluding carboxylic acids is 1. The first-order valence-electron chi connectivity index (χ1n) is 9.55. The van der Waals surface area contributed by atoms with Gasteiger partial charge in [-0.15, -0.1) is 0 Å². The van der Waals surface area contributed by atoms with Crippen LogP contribution >= 0.6 is 11.6 Å². The number of amides is 1. The lowest BCUT2D eigenvalue weighted by atomic mass is 9.98. The Bertz CT molecular complexity index is 960. The molecule has 0 spiro atoms. The molecule has 1 heterocycles. The molecule has 2 aromatic rings. The van der Waals surface area contributed by atoms with Crippen molar-refractivity contribution in [3.63, 3.8) is 0 Å². The van der Waals surface area contributed by atoms with E-state index in [2.05, 4.69) is 5.32 Å². The van der Waals surface area contributed by atoms with Crippen LogP contribution in [0.15, 0.2) is 36.4 Å². The Kier molecular flexibility index (Phi) is 6.39. The van der Waals surface area contributed by atoms with Gasteiger partial charge in [-0.1, -0.05) is 18.5 Å². The van der Waals surface area contributed by atoms with Gasteiger partial charge in [0.15, 0.2) is 0 Å². The zero-order chi connectivity index (χ0) is 21.1. The van der Waals surface area contributed by atoms with Gasteiger partial charge in [0.2, 0.25) is 5.91 Å². The van der Waals surface area contributed by atoms with Gasteiger partial charge in [0.1, 0.15) is 17.7 Å². The van der Waals surface area contributed by atoms with Gasteiger partial charge in [-0.05, 0) is 61.7 Å². The number of halogens is 3. The van der Waals surface area contributed by atoms with Gasteiger partial charge >= 0.3 is 0 Å². The van der Waals surface area contributed by atoms with Gasteiger partial charge < -0.3 is 10.2 Å². The number of hydrogen-bond acceptors (Lipinski definition) is 3. The maximum atomic E-state index is 14.3. The van der Waals surface area contributed by atoms with Crippen LogP contribution in [0.5, 0.6) is 0 Å². The molecule has 1 amide bonds. The van der Waals surface area contributed by atoms with Crippen LogP contribution in [0, 0.1) is 23.0 Å². The Balaban J connectivity index is 1.91. The number of benzene rings is 2. The molecule has 0 aromatic heterocycles. The molecule has 1 N–H and O–H groups in total. The molecule has 4 nitrogen and oxygen atoms in total. The summed E-state index contributed by atoms with van der Waals surface area (Å²) in [6.45, 7) is 3.94. The lowest BCUT2D eigenvalue weighted by Crippen LogP contribution is -2.46. The van der Waals surface area contributed by atoms with Crippen molar-refractivity contribution in [3.8, 4) is 6.07 Å². The van der Waals surface area contributed by atoms with Gasteiger partial charge in [-0.25, -0.2) is 8.78 Å². The predicted octanol–water partition coefficient (Wildman–Crippen LogP) is 4.91. The minimum absolute atomic E-state index is 0.0273. The Morgan fingerprint density at radius 2 is 2.07 bits per heavy atom. The van der Waals surface area contributed by atoms with Crippen LogP contribution < -0.4 is 5.32 Å². The average Bonchev–Trinajstić information content (AvgIpc) is 2.99. The highest BCUT2D eigenvalue weighted by Gasteiger charge is 2.42. The molecule has 3 rings (SSSR count). The van der Waals surface area contributed by atoms with Crippen molar-refractivity contribution in [2.75, 3.05) is 5.32 Å². The van der Waals surface area contributed by atoms with E-state index in [4.69, 9.17) is 16.9 Å². The van der Waals surface area contributed by atoms with E-state index in [1.807, 2.05) is 19.9 Å². The zero-order valence-corrected chi connectivity index (χ0v) is 17.0. The van der Waals surface area contributed by atoms with Crippen molar-refractivity contribution in [2.24, 2.45) is 0 Å². The molecular formula is C22H22ClF2N3O. The van der Waals surface area contributed by atoms with Crippen molar-refractivity contribution in [1.29, 1.82) is 5.26 Å². The van der Waals surface area contributed by atoms with Crippen LogP contribution in [0.3, 0.4) is 0 Å². The van der Waals surface area contributed by atoms with Crippen LogP contribution in [0.25, 0.3) is 0 Å². The smallest absolute Gasteiger partial charge is 0.225 e. The van der Waals surface area contributed by atoms with Crippen LogP contribution in [0.1, 0.15) is 37.8 Å². The summed E-state index contributed by atoms with van der Waals surface area (Å²) in [5.74, 6) is -1.03. The molecule has 2 aromatic carbocycles. The number of nitrogens with one attached hydrogen (secondary N) is 1. The quantitative estimate of drug-likeness (QED) is 0.726. The topological polar surface area (TPSA) is 56.1 Å². The van der Waals surface area contributed by atoms with E-state index < -0.39 is 11.6 Å². The highest BCUT2D eigenvalue weighted by molar-refractivity contribution is 6.32. The average molecular weight is 418 g/mol. The zero-order valence-electron chi connectivity index (χ0n) is 16.3. The molecule has 152 valence electrons. The summed E-state index contributed by atoms with van der Waals surface area (Å²) >= 11 is 6.12. The molecule has 1 fully saturated rings. The summed E-state index contributed by atoms with van der Waals surface area (Å²) in [7, 11) is 0. The van der Waals surface area contributed by atoms with Crippen LogP contribution in [0.2, 0.25) is 5.02 Å². The number of nitrogens with zero attached hydrogens (tertiary/aromatic N) is 2. The number of anilines is 1. The third-order valence-corrected chi connectivity index (χ3v) is 5.76. The monoisotopic (exact) mass is 417 g/mol. The van der Waals surface area contributed by atoms with Gasteiger partial charge in [0, 0.05) is 18.2 Å². The summed E-state index contributed by atoms with van der Waals surface area (Å²) < 4.78 is 28.0. The first-order chi connectivity index (χ1) is 13.8. The first kappa shape index (κ1) is 21.1. The van der Waals surface area contributed by atoms with Crippen molar-refractivity contribution in [3.05, 3.63) is 64.2 Å². The second-order valence-corrected chi connectivity index (χ2v) is 7.73. The highest BCUT2D eigenvalue weighted by atomic mass is 35.5. The Morgan fingerprint density at radius 3 is 2.72 bits per heavy atom. The molecule has 3 atom stereocenters. The molecule has 29 heavy (non-hydrogen) atoms. The van der Waals surface area contributed by atoms with Gasteiger partial charge in [-0.3, -0.25) is 4.79 Å². The first-order valence-corrected chi connectivity index (χ1v) is 9.93. The minimum Gasteiger partial charge on any atom is -0.380 e. The fraction of sp³-hybridized carbons (Fsp3) is 0.364. The summed E-state index contributed by atoms with van der Waals surface area (Å²) in [6, 6.07) is 9.67. The lowest BCUT2D eigenvalue weighted by Gasteiger charge is -2.33. The number of likely N-dealkylation sites (tertiary alicyclic amines) is 1. The number of rotatable bonds is 6. The third kappa shape index (κ3) is 4.51. The fourth-order valence-electron chi connectivity index (χ4n) is 3.80. The lowest BCUT2D eigenvalue weighted by molar-refractivity contribution is -0.130. The van der Waals surface area contributed by atoms with Crippen molar-refractivity contribution in [2.45, 2.75) is 51.2 Å². The molecular weight excluding hydrogens is 396 g/mol. The van der Waals surface area contributed by atoms with Crippen molar-refractivity contribution < 1.29 is 13.6 Å². The summed E-state index contributed by atoms with van der Waals surface area (Å²) in [5, 5.41) is 12.7. The second kappa shape index (κ2) is 8.79. The van der Waals surface area contributed by atoms with Gasteiger partial charge in [-0.2, -0.15) is 5.26 Å². The van der Waals surface area contributed by atoms with Crippen LogP contribution in [-0.4, -0.2) is 28.9 Å². The van der Waals surface area contributed by atoms with E-state index in [0.717, 1.165) is 18.6 Å². The molecule has 0 bridgehead atoms. The number of carbonyl (C=O) groups is 1. The molecule has 7 heteroatoms. The highest BCUT2D eigenvalue weighted by Crippen LogP contribution is 2.30. The van der Waals surface area contributed by atoms with E-state index >= 15 is 0 Å². The molecule has 1 aliphatic rings. The van der Waals surface area contributed by atoms with Crippen LogP contribution in [-0.2, 0) is 11.2 Å². The van der Waals surface area contributed by atoms with Gasteiger partial charge in [0.05, 0.1) is 22.7 Å². The predicted molar refractivity (Wildman–Crippen MR) is 109 cm³/mol. The molecule has 0 saturated carbocycles. The molecule has 0 aliphatic carbocycles. The maximum absolute atomic E-state index is 14.3. The maximum Gasteiger partial charge on any atom is 0.225 e. The second-order valence-electron chi connectivity index (χ2n) is 7.33. The summed E-state index contributed by atoms with van der Waals surface area (Å²) in [6.07, 6.45) is 1.19.